The van der Waals surface area contributed by atoms with Crippen molar-refractivity contribution >= 4 is 47.8 Å². The second-order valence-electron chi connectivity index (χ2n) is 15.6. The summed E-state index contributed by atoms with van der Waals surface area (Å²) in [5, 5.41) is 10.3. The van der Waals surface area contributed by atoms with E-state index in [0.29, 0.717) is 5.82 Å². The van der Waals surface area contributed by atoms with E-state index in [0.717, 1.165) is 83.6 Å². The minimum atomic E-state index is 0.677. The number of rotatable bonds is 7. The van der Waals surface area contributed by atoms with Crippen molar-refractivity contribution in [3.8, 4) is 78.7 Å². The van der Waals surface area contributed by atoms with E-state index in [1.54, 1.807) is 0 Å². The van der Waals surface area contributed by atoms with Crippen molar-refractivity contribution in [2.75, 3.05) is 0 Å². The average molecular weight is 809 g/mol. The lowest BCUT2D eigenvalue weighted by Crippen LogP contribution is -1.98. The second kappa shape index (κ2) is 14.9. The number of thiophene rings is 1. The molecule has 0 aliphatic rings. The summed E-state index contributed by atoms with van der Waals surface area (Å²) >= 11 is 1.84. The van der Waals surface area contributed by atoms with E-state index in [4.69, 9.17) is 15.1 Å². The number of fused-ring (bicyclic) bond motifs is 6. The van der Waals surface area contributed by atoms with Crippen LogP contribution in [0.5, 0.6) is 0 Å². The molecule has 5 heteroatoms. The van der Waals surface area contributed by atoms with Crippen LogP contribution in [-0.4, -0.2) is 19.6 Å². The van der Waals surface area contributed by atoms with Gasteiger partial charge in [-0.2, -0.15) is 5.10 Å². The summed E-state index contributed by atoms with van der Waals surface area (Å²) in [6.45, 7) is 0. The highest BCUT2D eigenvalue weighted by molar-refractivity contribution is 7.25. The molecule has 4 heterocycles. The first-order valence-electron chi connectivity index (χ1n) is 20.8. The van der Waals surface area contributed by atoms with Gasteiger partial charge in [0.1, 0.15) is 5.69 Å². The van der Waals surface area contributed by atoms with Gasteiger partial charge in [0.25, 0.3) is 0 Å². The number of aromatic nitrogens is 4. The van der Waals surface area contributed by atoms with Crippen LogP contribution in [0.2, 0.25) is 0 Å². The number of benzene rings is 8. The molecule has 290 valence electrons. The molecular weight excluding hydrogens is 773 g/mol. The lowest BCUT2D eigenvalue weighted by atomic mass is 9.96. The maximum atomic E-state index is 5.45. The van der Waals surface area contributed by atoms with Crippen molar-refractivity contribution in [3.05, 3.63) is 218 Å². The van der Waals surface area contributed by atoms with Crippen LogP contribution in [0.3, 0.4) is 0 Å². The quantitative estimate of drug-likeness (QED) is 0.161. The first-order chi connectivity index (χ1) is 30.7. The molecule has 0 amide bonds. The van der Waals surface area contributed by atoms with E-state index >= 15 is 0 Å². The molecule has 0 atom stereocenters. The number of nitrogens with zero attached hydrogens (tertiary/aromatic N) is 4. The van der Waals surface area contributed by atoms with Crippen LogP contribution in [0, 0.1) is 0 Å². The minimum Gasteiger partial charge on any atom is -0.231 e. The Morgan fingerprint density at radius 1 is 0.355 bits per heavy atom. The van der Waals surface area contributed by atoms with Gasteiger partial charge in [-0.3, -0.25) is 0 Å². The Bertz CT molecular complexity index is 3630. The third-order valence-electron chi connectivity index (χ3n) is 11.8. The van der Waals surface area contributed by atoms with E-state index in [9.17, 15) is 0 Å². The summed E-state index contributed by atoms with van der Waals surface area (Å²) in [5.41, 5.74) is 14.4. The van der Waals surface area contributed by atoms with Crippen molar-refractivity contribution in [3.63, 3.8) is 0 Å². The van der Waals surface area contributed by atoms with E-state index < -0.39 is 0 Å². The fraction of sp³-hybridized carbons (Fsp3) is 0. The Balaban J connectivity index is 1.02. The largest absolute Gasteiger partial charge is 0.231 e. The van der Waals surface area contributed by atoms with Crippen LogP contribution in [0.15, 0.2) is 218 Å². The molecule has 0 aliphatic heterocycles. The van der Waals surface area contributed by atoms with Crippen LogP contribution in [0.4, 0.5) is 0 Å². The van der Waals surface area contributed by atoms with Crippen LogP contribution < -0.4 is 0 Å². The fourth-order valence-corrected chi connectivity index (χ4v) is 9.92. The monoisotopic (exact) mass is 808 g/mol. The standard InChI is InChI=1S/C57H36N4S/c1-4-16-37(17-5-1)49-36-50(59-57(58-49)45-26-14-23-40(32-45)41-30-31-53-48(34-41)47-28-12-13-29-52(47)62-53)43-24-15-25-44(33-43)51-35-42-22-10-11-27-46(42)56-54(38-18-6-2-7-19-38)55(60-61(51)56)39-20-8-3-9-21-39/h1-36H. The second-order valence-corrected chi connectivity index (χ2v) is 16.7. The molecule has 0 spiro atoms. The molecule has 0 fully saturated rings. The Labute approximate surface area is 362 Å². The maximum Gasteiger partial charge on any atom is 0.160 e. The van der Waals surface area contributed by atoms with Gasteiger partial charge in [-0.15, -0.1) is 11.3 Å². The minimum absolute atomic E-state index is 0.677. The van der Waals surface area contributed by atoms with Gasteiger partial charge >= 0.3 is 0 Å². The van der Waals surface area contributed by atoms with Crippen molar-refractivity contribution < 1.29 is 0 Å². The zero-order chi connectivity index (χ0) is 41.0. The normalized spacial score (nSPS) is 11.5. The van der Waals surface area contributed by atoms with Crippen LogP contribution in [0.25, 0.3) is 115 Å². The molecule has 4 aromatic heterocycles. The molecule has 4 nitrogen and oxygen atoms in total. The number of hydrogen-bond donors (Lipinski definition) is 0. The first kappa shape index (κ1) is 35.9. The van der Waals surface area contributed by atoms with Crippen molar-refractivity contribution in [2.24, 2.45) is 0 Å². The predicted molar refractivity (Wildman–Crippen MR) is 259 cm³/mol. The van der Waals surface area contributed by atoms with Crippen LogP contribution in [-0.2, 0) is 0 Å². The molecule has 0 N–H and O–H groups in total. The van der Waals surface area contributed by atoms with E-state index in [2.05, 4.69) is 217 Å². The van der Waals surface area contributed by atoms with Gasteiger partial charge in [-0.1, -0.05) is 176 Å². The number of pyridine rings is 1. The maximum absolute atomic E-state index is 5.45. The summed E-state index contributed by atoms with van der Waals surface area (Å²) in [6.07, 6.45) is 0. The highest BCUT2D eigenvalue weighted by Gasteiger charge is 2.22. The predicted octanol–water partition coefficient (Wildman–Crippen LogP) is 15.3. The Kier molecular flexibility index (Phi) is 8.65. The molecule has 0 saturated heterocycles. The van der Waals surface area contributed by atoms with E-state index in [1.807, 2.05) is 17.4 Å². The zero-order valence-corrected chi connectivity index (χ0v) is 34.3. The molecule has 0 saturated carbocycles. The summed E-state index contributed by atoms with van der Waals surface area (Å²) in [7, 11) is 0. The van der Waals surface area contributed by atoms with Gasteiger partial charge in [-0.25, -0.2) is 14.5 Å². The average Bonchev–Trinajstić information content (AvgIpc) is 3.94. The van der Waals surface area contributed by atoms with Crippen LogP contribution in [0.1, 0.15) is 0 Å². The fourth-order valence-electron chi connectivity index (χ4n) is 8.83. The van der Waals surface area contributed by atoms with Gasteiger partial charge < -0.3 is 0 Å². The summed E-state index contributed by atoms with van der Waals surface area (Å²) in [5.74, 6) is 0.677. The molecule has 8 aromatic carbocycles. The molecule has 62 heavy (non-hydrogen) atoms. The van der Waals surface area contributed by atoms with E-state index in [1.165, 1.54) is 25.7 Å². The highest BCUT2D eigenvalue weighted by Crippen LogP contribution is 2.42. The van der Waals surface area contributed by atoms with Crippen molar-refractivity contribution in [1.29, 1.82) is 0 Å². The van der Waals surface area contributed by atoms with Gasteiger partial charge in [-0.05, 0) is 64.5 Å². The van der Waals surface area contributed by atoms with Gasteiger partial charge in [0.05, 0.1) is 22.6 Å². The first-order valence-corrected chi connectivity index (χ1v) is 21.7. The topological polar surface area (TPSA) is 43.1 Å². The third-order valence-corrected chi connectivity index (χ3v) is 13.0. The Morgan fingerprint density at radius 3 is 1.71 bits per heavy atom. The van der Waals surface area contributed by atoms with Gasteiger partial charge in [0.2, 0.25) is 0 Å². The highest BCUT2D eigenvalue weighted by atomic mass is 32.1. The molecule has 0 aliphatic carbocycles. The molecular formula is C57H36N4S. The summed E-state index contributed by atoms with van der Waals surface area (Å²) in [4.78, 5) is 10.5. The molecule has 12 aromatic rings. The van der Waals surface area contributed by atoms with Gasteiger partial charge in [0, 0.05) is 58.9 Å². The SMILES string of the molecule is c1ccc(-c2cc(-c3cccc(-c4cc5ccccc5c5c(-c6ccccc6)c(-c6ccccc6)nn45)c3)nc(-c3cccc(-c4ccc5sc6ccccc6c5c4)c3)n2)cc1. The Morgan fingerprint density at radius 2 is 0.919 bits per heavy atom. The van der Waals surface area contributed by atoms with Crippen molar-refractivity contribution in [1.82, 2.24) is 19.6 Å². The molecule has 12 rings (SSSR count). The smallest absolute Gasteiger partial charge is 0.160 e. The third kappa shape index (κ3) is 6.26. The van der Waals surface area contributed by atoms with Crippen molar-refractivity contribution in [2.45, 2.75) is 0 Å². The lowest BCUT2D eigenvalue weighted by molar-refractivity contribution is 0.979. The summed E-state index contributed by atoms with van der Waals surface area (Å²) < 4.78 is 4.75. The Hall–Kier alpha value is -7.99. The zero-order valence-electron chi connectivity index (χ0n) is 33.5. The summed E-state index contributed by atoms with van der Waals surface area (Å²) in [6, 6.07) is 77.3. The lowest BCUT2D eigenvalue weighted by Gasteiger charge is -2.13. The van der Waals surface area contributed by atoms with Crippen LogP contribution >= 0.6 is 11.3 Å². The molecule has 0 radical (unpaired) electrons. The molecule has 0 bridgehead atoms. The van der Waals surface area contributed by atoms with E-state index in [-0.39, 0.29) is 0 Å². The number of hydrogen-bond acceptors (Lipinski definition) is 4. The van der Waals surface area contributed by atoms with Gasteiger partial charge in [0.15, 0.2) is 5.82 Å². The molecule has 0 unspecified atom stereocenters.